The largest absolute Gasteiger partial charge is 0.356 e. The Hall–Kier alpha value is -2.83. The van der Waals surface area contributed by atoms with Crippen molar-refractivity contribution in [1.82, 2.24) is 30.0 Å². The van der Waals surface area contributed by atoms with Crippen molar-refractivity contribution in [2.75, 3.05) is 24.7 Å². The lowest BCUT2D eigenvalue weighted by molar-refractivity contribution is -0.121. The van der Waals surface area contributed by atoms with Crippen molar-refractivity contribution in [1.29, 1.82) is 0 Å². The van der Waals surface area contributed by atoms with Gasteiger partial charge in [-0.1, -0.05) is 11.6 Å². The number of rotatable bonds is 8. The molecule has 0 radical (unpaired) electrons. The molecule has 0 fully saturated rings. The van der Waals surface area contributed by atoms with Crippen molar-refractivity contribution in [3.8, 4) is 11.4 Å². The number of aromatic nitrogens is 4. The third-order valence-corrected chi connectivity index (χ3v) is 4.95. The number of H-pyrrole nitrogens is 1. The topological polar surface area (TPSA) is 142 Å². The molecule has 13 heteroatoms. The maximum absolute atomic E-state index is 14.2. The van der Waals surface area contributed by atoms with Crippen LogP contribution in [0.2, 0.25) is 5.02 Å². The lowest BCUT2D eigenvalue weighted by Gasteiger charge is -2.15. The smallest absolute Gasteiger partial charge is 0.242 e. The Balaban J connectivity index is 1.72. The van der Waals surface area contributed by atoms with Gasteiger partial charge in [-0.15, -0.1) is 0 Å². The summed E-state index contributed by atoms with van der Waals surface area (Å²) in [7, 11) is -3.34. The van der Waals surface area contributed by atoms with Crippen molar-refractivity contribution in [3.63, 3.8) is 0 Å². The Morgan fingerprint density at radius 3 is 2.80 bits per heavy atom. The minimum absolute atomic E-state index is 0.0421. The molecule has 0 spiro atoms. The van der Waals surface area contributed by atoms with Crippen molar-refractivity contribution >= 4 is 44.4 Å². The molecule has 0 saturated carbocycles. The summed E-state index contributed by atoms with van der Waals surface area (Å²) in [6.07, 6.45) is 5.15. The van der Waals surface area contributed by atoms with Crippen LogP contribution in [0, 0.1) is 5.82 Å². The molecular formula is C17H19ClFN7O3S. The molecule has 0 aliphatic heterocycles. The Kier molecular flexibility index (Phi) is 6.48. The number of hydrogen-bond acceptors (Lipinski definition) is 7. The van der Waals surface area contributed by atoms with Crippen LogP contribution in [0.1, 0.15) is 6.92 Å². The van der Waals surface area contributed by atoms with Crippen LogP contribution < -0.4 is 15.4 Å². The number of hydrogen-bond donors (Lipinski definition) is 4. The number of anilines is 1. The molecule has 160 valence electrons. The van der Waals surface area contributed by atoms with E-state index in [1.54, 1.807) is 12.3 Å². The fourth-order valence-corrected chi connectivity index (χ4v) is 3.24. The number of fused-ring (bicyclic) bond motifs is 1. The first-order chi connectivity index (χ1) is 14.1. The van der Waals surface area contributed by atoms with E-state index in [2.05, 4.69) is 35.3 Å². The van der Waals surface area contributed by atoms with Gasteiger partial charge in [-0.2, -0.15) is 0 Å². The molecule has 3 aromatic heterocycles. The molecule has 4 N–H and O–H groups in total. The second-order valence-corrected chi connectivity index (χ2v) is 8.74. The zero-order chi connectivity index (χ0) is 21.9. The average Bonchev–Trinajstić information content (AvgIpc) is 3.09. The van der Waals surface area contributed by atoms with Gasteiger partial charge in [0.2, 0.25) is 15.9 Å². The molecule has 0 unspecified atom stereocenters. The number of amides is 1. The molecule has 0 aromatic carbocycles. The molecule has 3 heterocycles. The van der Waals surface area contributed by atoms with E-state index in [0.717, 1.165) is 12.5 Å². The van der Waals surface area contributed by atoms with Crippen molar-refractivity contribution < 1.29 is 17.6 Å². The van der Waals surface area contributed by atoms with Crippen LogP contribution in [0.3, 0.4) is 0 Å². The number of nitrogens with one attached hydrogen (secondary N) is 4. The van der Waals surface area contributed by atoms with Gasteiger partial charge in [0.15, 0.2) is 17.5 Å². The Bertz CT molecular complexity index is 1190. The van der Waals surface area contributed by atoms with E-state index in [-0.39, 0.29) is 24.7 Å². The van der Waals surface area contributed by atoms with Crippen LogP contribution in [0.15, 0.2) is 24.7 Å². The number of carbonyl (C=O) groups excluding carboxylic acids is 1. The van der Waals surface area contributed by atoms with E-state index < -0.39 is 27.8 Å². The van der Waals surface area contributed by atoms with E-state index >= 15 is 0 Å². The van der Waals surface area contributed by atoms with Gasteiger partial charge in [0.05, 0.1) is 17.5 Å². The minimum atomic E-state index is -3.34. The highest BCUT2D eigenvalue weighted by Crippen LogP contribution is 2.28. The van der Waals surface area contributed by atoms with E-state index in [0.29, 0.717) is 21.6 Å². The molecule has 3 rings (SSSR count). The zero-order valence-electron chi connectivity index (χ0n) is 16.0. The molecule has 0 aliphatic carbocycles. The fourth-order valence-electron chi connectivity index (χ4n) is 2.61. The lowest BCUT2D eigenvalue weighted by atomic mass is 10.2. The van der Waals surface area contributed by atoms with E-state index in [1.807, 2.05) is 0 Å². The minimum Gasteiger partial charge on any atom is -0.356 e. The quantitative estimate of drug-likeness (QED) is 0.375. The number of nitrogens with zero attached hydrogens (tertiary/aromatic N) is 3. The van der Waals surface area contributed by atoms with Crippen LogP contribution in [0.5, 0.6) is 0 Å². The Morgan fingerprint density at radius 1 is 1.30 bits per heavy atom. The summed E-state index contributed by atoms with van der Waals surface area (Å²) in [5.74, 6) is -1.11. The maximum Gasteiger partial charge on any atom is 0.242 e. The van der Waals surface area contributed by atoms with Crippen molar-refractivity contribution in [2.24, 2.45) is 0 Å². The highest BCUT2D eigenvalue weighted by Gasteiger charge is 2.18. The van der Waals surface area contributed by atoms with E-state index in [4.69, 9.17) is 11.6 Å². The molecule has 10 nitrogen and oxygen atoms in total. The van der Waals surface area contributed by atoms with Crippen LogP contribution in [-0.2, 0) is 14.8 Å². The third-order valence-electron chi connectivity index (χ3n) is 4.02. The van der Waals surface area contributed by atoms with Gasteiger partial charge in [0, 0.05) is 36.4 Å². The first-order valence-electron chi connectivity index (χ1n) is 8.78. The summed E-state index contributed by atoms with van der Waals surface area (Å²) in [6, 6.07) is 0.857. The summed E-state index contributed by atoms with van der Waals surface area (Å²) < 4.78 is 38.5. The predicted octanol–water partition coefficient (Wildman–Crippen LogP) is 1.28. The van der Waals surface area contributed by atoms with Gasteiger partial charge in [-0.3, -0.25) is 4.79 Å². The Labute approximate surface area is 176 Å². The molecule has 0 saturated heterocycles. The van der Waals surface area contributed by atoms with E-state index in [9.17, 15) is 17.6 Å². The number of sulfonamides is 1. The summed E-state index contributed by atoms with van der Waals surface area (Å²) in [6.45, 7) is 1.65. The van der Waals surface area contributed by atoms with Crippen molar-refractivity contribution in [2.45, 2.75) is 13.0 Å². The number of pyridine rings is 1. The fraction of sp³-hybridized carbons (Fsp3) is 0.294. The summed E-state index contributed by atoms with van der Waals surface area (Å²) in [4.78, 5) is 27.5. The van der Waals surface area contributed by atoms with Crippen molar-refractivity contribution in [3.05, 3.63) is 35.5 Å². The number of halogens is 2. The van der Waals surface area contributed by atoms with E-state index in [1.165, 1.54) is 13.1 Å². The lowest BCUT2D eigenvalue weighted by Crippen LogP contribution is -2.41. The normalized spacial score (nSPS) is 12.7. The van der Waals surface area contributed by atoms with Crippen LogP contribution >= 0.6 is 11.6 Å². The second-order valence-electron chi connectivity index (χ2n) is 6.47. The van der Waals surface area contributed by atoms with Crippen LogP contribution in [-0.4, -0.2) is 59.6 Å². The molecular weight excluding hydrogens is 437 g/mol. The molecule has 1 atom stereocenters. The summed E-state index contributed by atoms with van der Waals surface area (Å²) in [5.41, 5.74) is 1.15. The van der Waals surface area contributed by atoms with Gasteiger partial charge in [0.25, 0.3) is 0 Å². The number of carbonyl (C=O) groups is 1. The molecule has 1 amide bonds. The monoisotopic (exact) mass is 455 g/mol. The molecule has 3 aromatic rings. The van der Waals surface area contributed by atoms with Crippen LogP contribution in [0.4, 0.5) is 10.2 Å². The average molecular weight is 456 g/mol. The maximum atomic E-state index is 14.2. The van der Waals surface area contributed by atoms with Gasteiger partial charge in [0.1, 0.15) is 11.7 Å². The van der Waals surface area contributed by atoms with Gasteiger partial charge in [-0.25, -0.2) is 32.5 Å². The zero-order valence-corrected chi connectivity index (χ0v) is 17.6. The Morgan fingerprint density at radius 2 is 2.07 bits per heavy atom. The first kappa shape index (κ1) is 21.9. The molecule has 30 heavy (non-hydrogen) atoms. The van der Waals surface area contributed by atoms with Gasteiger partial charge < -0.3 is 15.6 Å². The highest BCUT2D eigenvalue weighted by molar-refractivity contribution is 7.88. The first-order valence-corrected chi connectivity index (χ1v) is 11.1. The second kappa shape index (κ2) is 8.90. The van der Waals surface area contributed by atoms with Crippen LogP contribution in [0.25, 0.3) is 22.4 Å². The predicted molar refractivity (Wildman–Crippen MR) is 111 cm³/mol. The number of aromatic amines is 1. The highest BCUT2D eigenvalue weighted by atomic mass is 35.5. The molecule has 0 bridgehead atoms. The van der Waals surface area contributed by atoms with Gasteiger partial charge in [-0.05, 0) is 13.0 Å². The van der Waals surface area contributed by atoms with Gasteiger partial charge >= 0.3 is 0 Å². The SMILES string of the molecule is C[C@H](Nc1nc(-c2c[nH]c3ncc(Cl)cc23)ncc1F)C(=O)NCCNS(C)(=O)=O. The summed E-state index contributed by atoms with van der Waals surface area (Å²) in [5, 5.41) is 6.35. The molecule has 0 aliphatic rings. The standard InChI is InChI=1S/C17H19ClFN7O3S/c1-9(17(27)20-3-4-24-30(2,28)29)25-16-13(19)8-23-15(26-16)12-7-22-14-11(12)5-10(18)6-21-14/h5-9,24H,3-4H2,1-2H3,(H,20,27)(H,21,22)(H,23,25,26)/t9-/m0/s1. The third kappa shape index (κ3) is 5.40. The summed E-state index contributed by atoms with van der Waals surface area (Å²) >= 11 is 6.00.